The minimum atomic E-state index is -3.53. The van der Waals surface area contributed by atoms with Crippen molar-refractivity contribution >= 4 is 16.7 Å². The second kappa shape index (κ2) is 5.80. The first kappa shape index (κ1) is 17.2. The third kappa shape index (κ3) is 3.79. The van der Waals surface area contributed by atoms with E-state index in [9.17, 15) is 24.1 Å². The highest BCUT2D eigenvalue weighted by Gasteiger charge is 2.27. The van der Waals surface area contributed by atoms with E-state index in [0.29, 0.717) is 0 Å². The Kier molecular flexibility index (Phi) is 4.34. The van der Waals surface area contributed by atoms with Gasteiger partial charge in [-0.25, -0.2) is 4.79 Å². The fourth-order valence-electron chi connectivity index (χ4n) is 1.83. The van der Waals surface area contributed by atoms with Gasteiger partial charge in [0, 0.05) is 6.20 Å². The summed E-state index contributed by atoms with van der Waals surface area (Å²) < 4.78 is 26.9. The maximum atomic E-state index is 12.0. The summed E-state index contributed by atoms with van der Waals surface area (Å²) in [5, 5.41) is 19.2. The normalized spacial score (nSPS) is 12.9. The van der Waals surface area contributed by atoms with Crippen LogP contribution in [0.4, 0.5) is 4.79 Å². The number of hydrogen-bond donors (Lipinski definition) is 4. The summed E-state index contributed by atoms with van der Waals surface area (Å²) in [4.78, 5) is 11.9. The third-order valence-electron chi connectivity index (χ3n) is 2.85. The average molecular weight is 341 g/mol. The molecule has 0 unspecified atom stereocenters. The van der Waals surface area contributed by atoms with Crippen LogP contribution in [0.3, 0.4) is 0 Å². The van der Waals surface area contributed by atoms with E-state index in [4.69, 9.17) is 4.74 Å². The Morgan fingerprint density at radius 3 is 2.17 bits per heavy atom. The molecule has 0 fully saturated rings. The number of hydrogen-bond acceptors (Lipinski definition) is 6. The van der Waals surface area contributed by atoms with Crippen molar-refractivity contribution in [2.75, 3.05) is 0 Å². The number of ether oxygens (including phenoxy) is 1. The number of benzene rings is 1. The molecular weight excluding hydrogens is 322 g/mol. The standard InChI is InChI=1S/C15H19NO6S/c1-15(2,3)22-14(19)16-8-12(18)13(9-16)23(20,21)11-6-4-10(17)5-7-11/h4-9,17-18,20-21H,1-3H3. The molecular formula is C15H19NO6S. The van der Waals surface area contributed by atoms with Crippen molar-refractivity contribution in [3.63, 3.8) is 0 Å². The zero-order chi connectivity index (χ0) is 17.4. The lowest BCUT2D eigenvalue weighted by Crippen LogP contribution is -2.26. The molecule has 1 aromatic heterocycles. The van der Waals surface area contributed by atoms with Crippen molar-refractivity contribution in [1.29, 1.82) is 0 Å². The fourth-order valence-corrected chi connectivity index (χ4v) is 3.20. The molecule has 2 rings (SSSR count). The van der Waals surface area contributed by atoms with E-state index in [2.05, 4.69) is 0 Å². The summed E-state index contributed by atoms with van der Waals surface area (Å²) >= 11 is 0. The summed E-state index contributed by atoms with van der Waals surface area (Å²) in [6.07, 6.45) is 1.42. The van der Waals surface area contributed by atoms with Gasteiger partial charge < -0.3 is 14.9 Å². The zero-order valence-electron chi connectivity index (χ0n) is 12.9. The number of carbonyl (C=O) groups excluding carboxylic acids is 1. The third-order valence-corrected chi connectivity index (χ3v) is 4.70. The van der Waals surface area contributed by atoms with E-state index in [1.54, 1.807) is 20.8 Å². The molecule has 0 aliphatic carbocycles. The summed E-state index contributed by atoms with van der Waals surface area (Å²) in [5.74, 6) is -0.469. The van der Waals surface area contributed by atoms with Gasteiger partial charge in [-0.15, -0.1) is 10.6 Å². The van der Waals surface area contributed by atoms with Gasteiger partial charge >= 0.3 is 6.09 Å². The summed E-state index contributed by atoms with van der Waals surface area (Å²) in [6.45, 7) is 5.08. The summed E-state index contributed by atoms with van der Waals surface area (Å²) in [7, 11) is -3.53. The van der Waals surface area contributed by atoms with Gasteiger partial charge in [0.2, 0.25) is 0 Å². The Morgan fingerprint density at radius 1 is 1.09 bits per heavy atom. The van der Waals surface area contributed by atoms with E-state index >= 15 is 0 Å². The van der Waals surface area contributed by atoms with Crippen molar-refractivity contribution in [2.45, 2.75) is 36.2 Å². The monoisotopic (exact) mass is 341 g/mol. The average Bonchev–Trinajstić information content (AvgIpc) is 2.80. The first-order valence-corrected chi connectivity index (χ1v) is 8.27. The van der Waals surface area contributed by atoms with Crippen LogP contribution >= 0.6 is 10.6 Å². The van der Waals surface area contributed by atoms with Gasteiger partial charge in [0.1, 0.15) is 16.2 Å². The molecule has 0 amide bonds. The van der Waals surface area contributed by atoms with Crippen molar-refractivity contribution in [1.82, 2.24) is 4.57 Å². The van der Waals surface area contributed by atoms with Crippen LogP contribution < -0.4 is 0 Å². The molecule has 0 aliphatic heterocycles. The topological polar surface area (TPSA) is 112 Å². The minimum Gasteiger partial charge on any atom is -0.508 e. The number of phenols is 1. The van der Waals surface area contributed by atoms with E-state index < -0.39 is 28.0 Å². The van der Waals surface area contributed by atoms with Crippen LogP contribution in [0.15, 0.2) is 46.5 Å². The Bertz CT molecular complexity index is 715. The van der Waals surface area contributed by atoms with Crippen molar-refractivity contribution < 1.29 is 28.8 Å². The highest BCUT2D eigenvalue weighted by atomic mass is 32.3. The number of aromatic hydroxyl groups is 2. The van der Waals surface area contributed by atoms with Crippen molar-refractivity contribution in [2.24, 2.45) is 0 Å². The molecule has 0 aliphatic rings. The van der Waals surface area contributed by atoms with Crippen LogP contribution in [0, 0.1) is 0 Å². The molecule has 126 valence electrons. The second-order valence-corrected chi connectivity index (χ2v) is 7.95. The quantitative estimate of drug-likeness (QED) is 0.660. The molecule has 4 N–H and O–H groups in total. The van der Waals surface area contributed by atoms with Crippen molar-refractivity contribution in [3.05, 3.63) is 36.7 Å². The SMILES string of the molecule is CC(C)(C)OC(=O)n1cc(O)c(S(O)(O)c2ccc(O)cc2)c1. The predicted octanol–water partition coefficient (Wildman–Crippen LogP) is 3.85. The molecule has 1 heterocycles. The Balaban J connectivity index is 2.37. The Hall–Kier alpha value is -2.16. The van der Waals surface area contributed by atoms with Crippen LogP contribution in [0.1, 0.15) is 20.8 Å². The summed E-state index contributed by atoms with van der Waals surface area (Å²) in [5.41, 5.74) is -0.726. The second-order valence-electron chi connectivity index (χ2n) is 5.94. The van der Waals surface area contributed by atoms with E-state index in [1.165, 1.54) is 24.3 Å². The maximum Gasteiger partial charge on any atom is 0.418 e. The van der Waals surface area contributed by atoms with Crippen LogP contribution in [0.25, 0.3) is 0 Å². The van der Waals surface area contributed by atoms with Gasteiger partial charge in [-0.3, -0.25) is 13.7 Å². The molecule has 2 aromatic rings. The minimum absolute atomic E-state index is 0.0282. The molecule has 8 heteroatoms. The van der Waals surface area contributed by atoms with E-state index in [1.807, 2.05) is 0 Å². The van der Waals surface area contributed by atoms with Gasteiger partial charge in [0.15, 0.2) is 5.75 Å². The molecule has 1 aromatic carbocycles. The van der Waals surface area contributed by atoms with E-state index in [-0.39, 0.29) is 15.5 Å². The van der Waals surface area contributed by atoms with E-state index in [0.717, 1.165) is 17.0 Å². The van der Waals surface area contributed by atoms with Gasteiger partial charge in [-0.2, -0.15) is 0 Å². The number of aromatic nitrogens is 1. The van der Waals surface area contributed by atoms with Crippen LogP contribution in [-0.2, 0) is 4.74 Å². The van der Waals surface area contributed by atoms with Gasteiger partial charge in [-0.05, 0) is 45.0 Å². The van der Waals surface area contributed by atoms with Gasteiger partial charge in [-0.1, -0.05) is 0 Å². The maximum absolute atomic E-state index is 12.0. The Labute approximate surface area is 135 Å². The molecule has 0 saturated heterocycles. The van der Waals surface area contributed by atoms with Crippen LogP contribution in [-0.4, -0.2) is 35.6 Å². The number of rotatable bonds is 2. The predicted molar refractivity (Wildman–Crippen MR) is 85.2 cm³/mol. The molecule has 0 spiro atoms. The molecule has 7 nitrogen and oxygen atoms in total. The lowest BCUT2D eigenvalue weighted by atomic mass is 10.2. The number of phenolic OH excluding ortho intramolecular Hbond substituents is 1. The first-order chi connectivity index (χ1) is 10.5. The summed E-state index contributed by atoms with van der Waals surface area (Å²) in [6, 6.07) is 5.25. The lowest BCUT2D eigenvalue weighted by molar-refractivity contribution is 0.0536. The molecule has 0 radical (unpaired) electrons. The molecule has 0 atom stereocenters. The van der Waals surface area contributed by atoms with Gasteiger partial charge in [0.05, 0.1) is 11.1 Å². The first-order valence-electron chi connectivity index (χ1n) is 6.72. The molecule has 0 bridgehead atoms. The molecule has 23 heavy (non-hydrogen) atoms. The van der Waals surface area contributed by atoms with Crippen LogP contribution in [0.2, 0.25) is 0 Å². The largest absolute Gasteiger partial charge is 0.508 e. The van der Waals surface area contributed by atoms with Crippen LogP contribution in [0.5, 0.6) is 11.5 Å². The highest BCUT2D eigenvalue weighted by molar-refractivity contribution is 8.24. The van der Waals surface area contributed by atoms with Crippen molar-refractivity contribution in [3.8, 4) is 11.5 Å². The number of carbonyl (C=O) groups is 1. The van der Waals surface area contributed by atoms with Gasteiger partial charge in [0.25, 0.3) is 0 Å². The lowest BCUT2D eigenvalue weighted by Gasteiger charge is -2.31. The molecule has 0 saturated carbocycles. The smallest absolute Gasteiger partial charge is 0.418 e. The number of nitrogens with zero attached hydrogens (tertiary/aromatic N) is 1. The fraction of sp³-hybridized carbons (Fsp3) is 0.267. The highest BCUT2D eigenvalue weighted by Crippen LogP contribution is 2.58. The Morgan fingerprint density at radius 2 is 1.65 bits per heavy atom. The zero-order valence-corrected chi connectivity index (χ0v) is 13.7.